The van der Waals surface area contributed by atoms with E-state index in [1.165, 1.54) is 5.56 Å². The van der Waals surface area contributed by atoms with Crippen LogP contribution in [0, 0.1) is 6.92 Å². The van der Waals surface area contributed by atoms with E-state index in [0.717, 1.165) is 20.1 Å². The maximum absolute atomic E-state index is 10.7. The molecule has 0 aliphatic heterocycles. The molecule has 0 radical (unpaired) electrons. The molecular formula is C13H16OSi2. The van der Waals surface area contributed by atoms with Crippen LogP contribution in [-0.2, 0) is 0 Å². The first-order valence-electron chi connectivity index (χ1n) is 5.46. The molecule has 2 aromatic carbocycles. The summed E-state index contributed by atoms with van der Waals surface area (Å²) in [4.78, 5) is 10.7. The van der Waals surface area contributed by atoms with E-state index in [2.05, 4.69) is 31.2 Å². The first kappa shape index (κ1) is 11.3. The minimum absolute atomic E-state index is 0.816. The molecule has 1 unspecified atom stereocenters. The van der Waals surface area contributed by atoms with Crippen molar-refractivity contribution in [1.82, 2.24) is 0 Å². The number of hydrogen-bond acceptors (Lipinski definition) is 1. The lowest BCUT2D eigenvalue weighted by Gasteiger charge is -2.21. The van der Waals surface area contributed by atoms with Gasteiger partial charge in [0.05, 0.1) is 0 Å². The standard InChI is InChI=1S/C13H16OSi2/c1-11-7-9-13(10-8-11)16(14,15)12-5-3-2-4-6-12/h2-10,14H,1,15H3. The van der Waals surface area contributed by atoms with Gasteiger partial charge in [0.2, 0.25) is 7.83 Å². The Balaban J connectivity index is 2.43. The van der Waals surface area contributed by atoms with E-state index >= 15 is 0 Å². The van der Waals surface area contributed by atoms with E-state index in [4.69, 9.17) is 0 Å². The summed E-state index contributed by atoms with van der Waals surface area (Å²) < 4.78 is 0. The van der Waals surface area contributed by atoms with E-state index in [-0.39, 0.29) is 0 Å². The third-order valence-electron chi connectivity index (χ3n) is 2.95. The second kappa shape index (κ2) is 4.37. The van der Waals surface area contributed by atoms with Gasteiger partial charge in [-0.1, -0.05) is 60.2 Å². The molecule has 16 heavy (non-hydrogen) atoms. The van der Waals surface area contributed by atoms with Gasteiger partial charge in [-0.25, -0.2) is 0 Å². The van der Waals surface area contributed by atoms with Crippen molar-refractivity contribution in [2.24, 2.45) is 0 Å². The number of benzene rings is 2. The molecule has 1 nitrogen and oxygen atoms in total. The molecule has 1 N–H and O–H groups in total. The molecule has 0 aliphatic carbocycles. The van der Waals surface area contributed by atoms with Crippen molar-refractivity contribution < 1.29 is 4.80 Å². The summed E-state index contributed by atoms with van der Waals surface area (Å²) in [6, 6.07) is 18.4. The van der Waals surface area contributed by atoms with E-state index in [9.17, 15) is 4.80 Å². The summed E-state index contributed by atoms with van der Waals surface area (Å²) in [6.07, 6.45) is 0. The molecule has 3 heteroatoms. The second-order valence-corrected chi connectivity index (χ2v) is 11.9. The van der Waals surface area contributed by atoms with Crippen molar-refractivity contribution in [2.45, 2.75) is 6.92 Å². The van der Waals surface area contributed by atoms with Crippen molar-refractivity contribution in [3.05, 3.63) is 60.2 Å². The van der Waals surface area contributed by atoms with Gasteiger partial charge in [-0.05, 0) is 17.3 Å². The zero-order valence-electron chi connectivity index (χ0n) is 9.64. The Labute approximate surface area is 100 Å². The predicted octanol–water partition coefficient (Wildman–Crippen LogP) is -0.0909. The van der Waals surface area contributed by atoms with Gasteiger partial charge >= 0.3 is 0 Å². The molecule has 0 bridgehead atoms. The van der Waals surface area contributed by atoms with E-state index in [1.807, 2.05) is 30.3 Å². The summed E-state index contributed by atoms with van der Waals surface area (Å²) >= 11 is 0. The van der Waals surface area contributed by atoms with Crippen LogP contribution in [0.2, 0.25) is 0 Å². The highest BCUT2D eigenvalue weighted by Crippen LogP contribution is 2.00. The highest BCUT2D eigenvalue weighted by Gasteiger charge is 2.28. The van der Waals surface area contributed by atoms with Gasteiger partial charge in [0.25, 0.3) is 0 Å². The van der Waals surface area contributed by atoms with Crippen LogP contribution < -0.4 is 10.4 Å². The zero-order valence-corrected chi connectivity index (χ0v) is 12.6. The Morgan fingerprint density at radius 3 is 1.94 bits per heavy atom. The molecule has 0 aliphatic rings. The zero-order chi connectivity index (χ0) is 11.6. The van der Waals surface area contributed by atoms with E-state index in [0.29, 0.717) is 0 Å². The highest BCUT2D eigenvalue weighted by atomic mass is 29.2. The normalized spacial score (nSPS) is 14.6. The molecule has 0 saturated carbocycles. The van der Waals surface area contributed by atoms with Gasteiger partial charge in [0.1, 0.15) is 0 Å². The van der Waals surface area contributed by atoms with Crippen molar-refractivity contribution in [3.63, 3.8) is 0 Å². The van der Waals surface area contributed by atoms with Crippen molar-refractivity contribution >= 4 is 28.0 Å². The Bertz CT molecular complexity index is 463. The van der Waals surface area contributed by atoms with Crippen LogP contribution in [0.15, 0.2) is 54.6 Å². The molecule has 2 aromatic rings. The largest absolute Gasteiger partial charge is 0.427 e. The topological polar surface area (TPSA) is 20.2 Å². The summed E-state index contributed by atoms with van der Waals surface area (Å²) in [6.45, 7) is 2.07. The fourth-order valence-corrected chi connectivity index (χ4v) is 5.80. The molecule has 0 heterocycles. The van der Waals surface area contributed by atoms with Gasteiger partial charge in [0, 0.05) is 9.76 Å². The summed E-state index contributed by atoms with van der Waals surface area (Å²) in [5, 5.41) is 2.24. The third-order valence-corrected chi connectivity index (χ3v) is 9.33. The minimum atomic E-state index is -2.34. The van der Waals surface area contributed by atoms with Crippen LogP contribution in [-0.4, -0.2) is 22.4 Å². The van der Waals surface area contributed by atoms with Crippen LogP contribution in [0.4, 0.5) is 0 Å². The lowest BCUT2D eigenvalue weighted by atomic mass is 10.2. The Kier molecular flexibility index (Phi) is 3.09. The van der Waals surface area contributed by atoms with Gasteiger partial charge in [0.15, 0.2) is 0 Å². The van der Waals surface area contributed by atoms with Crippen LogP contribution in [0.5, 0.6) is 0 Å². The van der Waals surface area contributed by atoms with Gasteiger partial charge in [-0.2, -0.15) is 0 Å². The molecule has 82 valence electrons. The predicted molar refractivity (Wildman–Crippen MR) is 74.8 cm³/mol. The molecule has 0 aromatic heterocycles. The van der Waals surface area contributed by atoms with E-state index < -0.39 is 7.83 Å². The fourth-order valence-electron chi connectivity index (χ4n) is 1.81. The maximum atomic E-state index is 10.7. The van der Waals surface area contributed by atoms with Crippen LogP contribution in [0.3, 0.4) is 0 Å². The molecular weight excluding hydrogens is 228 g/mol. The Morgan fingerprint density at radius 1 is 0.875 bits per heavy atom. The lowest BCUT2D eigenvalue weighted by Crippen LogP contribution is -2.59. The Morgan fingerprint density at radius 2 is 1.38 bits per heavy atom. The van der Waals surface area contributed by atoms with Crippen LogP contribution >= 0.6 is 0 Å². The van der Waals surface area contributed by atoms with Crippen molar-refractivity contribution in [2.75, 3.05) is 0 Å². The first-order chi connectivity index (χ1) is 7.60. The molecule has 0 spiro atoms. The number of rotatable bonds is 2. The average molecular weight is 244 g/mol. The lowest BCUT2D eigenvalue weighted by molar-refractivity contribution is 0.591. The quantitative estimate of drug-likeness (QED) is 0.732. The third kappa shape index (κ3) is 2.16. The van der Waals surface area contributed by atoms with Crippen molar-refractivity contribution in [1.29, 1.82) is 0 Å². The van der Waals surface area contributed by atoms with Crippen molar-refractivity contribution in [3.8, 4) is 0 Å². The molecule has 2 rings (SSSR count). The van der Waals surface area contributed by atoms with Gasteiger partial charge < -0.3 is 4.80 Å². The van der Waals surface area contributed by atoms with E-state index in [1.54, 1.807) is 0 Å². The number of hydrogen-bond donors (Lipinski definition) is 1. The van der Waals surface area contributed by atoms with Gasteiger partial charge in [-0.3, -0.25) is 0 Å². The maximum Gasteiger partial charge on any atom is 0.225 e. The van der Waals surface area contributed by atoms with Crippen LogP contribution in [0.25, 0.3) is 0 Å². The average Bonchev–Trinajstić information content (AvgIpc) is 2.31. The molecule has 0 amide bonds. The van der Waals surface area contributed by atoms with Crippen LogP contribution in [0.1, 0.15) is 5.56 Å². The molecule has 0 saturated heterocycles. The highest BCUT2D eigenvalue weighted by molar-refractivity contribution is 7.27. The summed E-state index contributed by atoms with van der Waals surface area (Å²) in [7, 11) is -1.52. The SMILES string of the molecule is Cc1ccc([Si](O)([SiH3])c2ccccc2)cc1. The fraction of sp³-hybridized carbons (Fsp3) is 0.0769. The minimum Gasteiger partial charge on any atom is -0.427 e. The molecule has 0 fully saturated rings. The molecule has 1 atom stereocenters. The summed E-state index contributed by atoms with van der Waals surface area (Å²) in [5.41, 5.74) is 1.24. The second-order valence-electron chi connectivity index (χ2n) is 4.30. The summed E-state index contributed by atoms with van der Waals surface area (Å²) in [5.74, 6) is 0. The number of aryl methyl sites for hydroxylation is 1. The first-order valence-corrected chi connectivity index (χ1v) is 10.9. The Hall–Kier alpha value is -1.17. The monoisotopic (exact) mass is 244 g/mol. The smallest absolute Gasteiger partial charge is 0.225 e. The van der Waals surface area contributed by atoms with Gasteiger partial charge in [-0.15, -0.1) is 0 Å².